The zero-order valence-electron chi connectivity index (χ0n) is 18.4. The number of thiocyanates is 1. The number of likely N-dealkylation sites (tertiary alicyclic amines) is 1. The highest BCUT2D eigenvalue weighted by atomic mass is 32.2. The minimum atomic E-state index is -0.516. The van der Waals surface area contributed by atoms with Crippen molar-refractivity contribution in [1.82, 2.24) is 14.8 Å². The number of aromatic nitrogens is 1. The minimum Gasteiger partial charge on any atom is -0.444 e. The molecule has 1 aliphatic carbocycles. The van der Waals surface area contributed by atoms with E-state index >= 15 is 0 Å². The summed E-state index contributed by atoms with van der Waals surface area (Å²) >= 11 is 2.35. The van der Waals surface area contributed by atoms with Gasteiger partial charge in [0.1, 0.15) is 11.0 Å². The maximum atomic E-state index is 13.3. The monoisotopic (exact) mass is 465 g/mol. The number of nitriles is 1. The molecular weight excluding hydrogens is 434 g/mol. The smallest absolute Gasteiger partial charge is 0.410 e. The first-order chi connectivity index (χ1) is 14.8. The number of piperidine rings is 1. The number of nitrogens with zero attached hydrogens (tertiary/aromatic N) is 4. The Kier molecular flexibility index (Phi) is 8.06. The number of ether oxygens (including phenoxy) is 1. The number of hydrogen-bond donors (Lipinski definition) is 1. The molecule has 1 aliphatic heterocycles. The van der Waals surface area contributed by atoms with Crippen LogP contribution in [0.15, 0.2) is 10.4 Å². The molecule has 0 unspecified atom stereocenters. The quantitative estimate of drug-likeness (QED) is 0.480. The second-order valence-corrected chi connectivity index (χ2v) is 11.1. The van der Waals surface area contributed by atoms with Gasteiger partial charge in [0.2, 0.25) is 0 Å². The summed E-state index contributed by atoms with van der Waals surface area (Å²) in [5.74, 6) is 0. The normalized spacial score (nSPS) is 18.3. The first-order valence-electron chi connectivity index (χ1n) is 10.9. The molecule has 1 saturated heterocycles. The van der Waals surface area contributed by atoms with E-state index in [1.54, 1.807) is 11.1 Å². The predicted molar refractivity (Wildman–Crippen MR) is 122 cm³/mol. The Bertz CT molecular complexity index is 803. The van der Waals surface area contributed by atoms with Gasteiger partial charge in [0.25, 0.3) is 0 Å². The molecule has 170 valence electrons. The molecule has 1 N–H and O–H groups in total. The van der Waals surface area contributed by atoms with Crippen LogP contribution in [0.2, 0.25) is 0 Å². The van der Waals surface area contributed by atoms with Gasteiger partial charge in [0.15, 0.2) is 5.13 Å². The molecule has 0 aromatic carbocycles. The molecule has 0 bridgehead atoms. The van der Waals surface area contributed by atoms with Crippen molar-refractivity contribution in [2.45, 2.75) is 87.6 Å². The third-order valence-electron chi connectivity index (χ3n) is 5.56. The minimum absolute atomic E-state index is 0.0784. The third-order valence-corrected chi connectivity index (χ3v) is 7.16. The molecule has 8 nitrogen and oxygen atoms in total. The molecule has 1 aromatic heterocycles. The van der Waals surface area contributed by atoms with E-state index in [1.807, 2.05) is 31.1 Å². The Hall–Kier alpha value is -1.99. The number of urea groups is 1. The van der Waals surface area contributed by atoms with Crippen LogP contribution in [0.1, 0.15) is 65.7 Å². The lowest BCUT2D eigenvalue weighted by molar-refractivity contribution is 0.0141. The highest BCUT2D eigenvalue weighted by Crippen LogP contribution is 2.31. The van der Waals surface area contributed by atoms with Gasteiger partial charge in [-0.3, -0.25) is 5.32 Å². The van der Waals surface area contributed by atoms with E-state index in [4.69, 9.17) is 10.00 Å². The maximum absolute atomic E-state index is 13.3. The van der Waals surface area contributed by atoms with E-state index in [9.17, 15) is 9.59 Å². The Morgan fingerprint density at radius 1 is 1.23 bits per heavy atom. The third kappa shape index (κ3) is 6.74. The average molecular weight is 466 g/mol. The lowest BCUT2D eigenvalue weighted by Crippen LogP contribution is -2.54. The van der Waals surface area contributed by atoms with Gasteiger partial charge in [0.05, 0.1) is 10.4 Å². The lowest BCUT2D eigenvalue weighted by Gasteiger charge is -2.43. The summed E-state index contributed by atoms with van der Waals surface area (Å²) in [6.07, 6.45) is 8.28. The van der Waals surface area contributed by atoms with Crippen molar-refractivity contribution < 1.29 is 14.3 Å². The fraction of sp³-hybridized carbons (Fsp3) is 0.714. The fourth-order valence-corrected chi connectivity index (χ4v) is 5.46. The first kappa shape index (κ1) is 23.7. The van der Waals surface area contributed by atoms with Crippen LogP contribution in [0.25, 0.3) is 0 Å². The van der Waals surface area contributed by atoms with Crippen molar-refractivity contribution >= 4 is 40.4 Å². The number of thiazole rings is 1. The number of thioether (sulfide) groups is 1. The summed E-state index contributed by atoms with van der Waals surface area (Å²) in [7, 11) is 0. The van der Waals surface area contributed by atoms with Crippen LogP contribution in [-0.2, 0) is 4.74 Å². The molecule has 3 amide bonds. The van der Waals surface area contributed by atoms with Crippen LogP contribution >= 0.6 is 23.1 Å². The van der Waals surface area contributed by atoms with Crippen LogP contribution in [-0.4, -0.2) is 57.7 Å². The van der Waals surface area contributed by atoms with Gasteiger partial charge in [-0.2, -0.15) is 5.26 Å². The highest BCUT2D eigenvalue weighted by molar-refractivity contribution is 8.05. The molecule has 3 rings (SSSR count). The number of carbonyl (C=O) groups is 2. The van der Waals surface area contributed by atoms with E-state index in [0.29, 0.717) is 18.2 Å². The Morgan fingerprint density at radius 2 is 1.87 bits per heavy atom. The van der Waals surface area contributed by atoms with Gasteiger partial charge in [-0.05, 0) is 46.5 Å². The number of carbonyl (C=O) groups excluding carboxylic acids is 2. The van der Waals surface area contributed by atoms with E-state index in [1.165, 1.54) is 17.8 Å². The van der Waals surface area contributed by atoms with Crippen molar-refractivity contribution in [1.29, 1.82) is 5.26 Å². The Morgan fingerprint density at radius 3 is 2.48 bits per heavy atom. The van der Waals surface area contributed by atoms with E-state index in [2.05, 4.69) is 10.3 Å². The van der Waals surface area contributed by atoms with Gasteiger partial charge >= 0.3 is 12.1 Å². The second kappa shape index (κ2) is 10.6. The molecule has 1 saturated carbocycles. The van der Waals surface area contributed by atoms with Crippen molar-refractivity contribution in [2.75, 3.05) is 18.4 Å². The van der Waals surface area contributed by atoms with Crippen molar-refractivity contribution in [2.24, 2.45) is 0 Å². The molecule has 0 spiro atoms. The van der Waals surface area contributed by atoms with E-state index in [-0.39, 0.29) is 24.2 Å². The Labute approximate surface area is 192 Å². The van der Waals surface area contributed by atoms with Crippen LogP contribution in [0.4, 0.5) is 14.7 Å². The summed E-state index contributed by atoms with van der Waals surface area (Å²) in [6.45, 7) is 6.76. The zero-order chi connectivity index (χ0) is 22.4. The number of rotatable bonds is 4. The molecule has 2 fully saturated rings. The largest absolute Gasteiger partial charge is 0.444 e. The van der Waals surface area contributed by atoms with E-state index < -0.39 is 5.60 Å². The summed E-state index contributed by atoms with van der Waals surface area (Å²) in [5.41, 5.74) is -0.516. The first-order valence-corrected chi connectivity index (χ1v) is 12.5. The predicted octanol–water partition coefficient (Wildman–Crippen LogP) is 5.28. The topological polar surface area (TPSA) is 98.6 Å². The van der Waals surface area contributed by atoms with Crippen LogP contribution in [0.5, 0.6) is 0 Å². The van der Waals surface area contributed by atoms with Gasteiger partial charge in [-0.25, -0.2) is 14.6 Å². The van der Waals surface area contributed by atoms with Crippen molar-refractivity contribution in [3.05, 3.63) is 6.20 Å². The SMILES string of the molecule is CC(C)(C)OC(=O)N1CCC(N(C(=O)Nc2ncc(SC#N)s2)C2CCCCC2)CC1. The molecule has 10 heteroatoms. The summed E-state index contributed by atoms with van der Waals surface area (Å²) in [4.78, 5) is 33.7. The number of amides is 3. The van der Waals surface area contributed by atoms with Gasteiger partial charge in [-0.1, -0.05) is 30.6 Å². The average Bonchev–Trinajstić information content (AvgIpc) is 3.15. The zero-order valence-corrected chi connectivity index (χ0v) is 20.1. The number of nitrogens with one attached hydrogen (secondary N) is 1. The Balaban J connectivity index is 1.66. The van der Waals surface area contributed by atoms with Gasteiger partial charge in [0, 0.05) is 36.9 Å². The number of hydrogen-bond acceptors (Lipinski definition) is 7. The fourth-order valence-electron chi connectivity index (χ4n) is 4.21. The highest BCUT2D eigenvalue weighted by Gasteiger charge is 2.36. The standard InChI is InChI=1S/C21H31N5O3S2/c1-21(2,3)29-20(28)25-11-9-16(10-12-25)26(15-7-5-4-6-8-15)19(27)24-18-23-13-17(31-18)30-14-22/h13,15-16H,4-12H2,1-3H3,(H,23,24,27). The molecule has 0 atom stereocenters. The lowest BCUT2D eigenvalue weighted by atomic mass is 9.91. The van der Waals surface area contributed by atoms with Gasteiger partial charge < -0.3 is 14.5 Å². The summed E-state index contributed by atoms with van der Waals surface area (Å²) < 4.78 is 6.26. The van der Waals surface area contributed by atoms with Crippen LogP contribution in [0.3, 0.4) is 0 Å². The van der Waals surface area contributed by atoms with Crippen molar-refractivity contribution in [3.63, 3.8) is 0 Å². The molecule has 0 radical (unpaired) electrons. The van der Waals surface area contributed by atoms with E-state index in [0.717, 1.165) is 54.5 Å². The summed E-state index contributed by atoms with van der Waals surface area (Å²) in [6, 6.07) is 0.153. The van der Waals surface area contributed by atoms with Crippen LogP contribution < -0.4 is 5.32 Å². The van der Waals surface area contributed by atoms with Gasteiger partial charge in [-0.15, -0.1) is 0 Å². The molecule has 1 aromatic rings. The van der Waals surface area contributed by atoms with Crippen LogP contribution in [0, 0.1) is 10.7 Å². The summed E-state index contributed by atoms with van der Waals surface area (Å²) in [5, 5.41) is 14.3. The molecule has 2 heterocycles. The number of anilines is 1. The molecular formula is C21H31N5O3S2. The maximum Gasteiger partial charge on any atom is 0.410 e. The van der Waals surface area contributed by atoms with Crippen molar-refractivity contribution in [3.8, 4) is 5.40 Å². The molecule has 31 heavy (non-hydrogen) atoms. The molecule has 2 aliphatic rings. The second-order valence-electron chi connectivity index (χ2n) is 9.01.